The van der Waals surface area contributed by atoms with E-state index in [2.05, 4.69) is 5.10 Å². The molecule has 2 aromatic rings. The van der Waals surface area contributed by atoms with Gasteiger partial charge in [-0.1, -0.05) is 6.07 Å². The van der Waals surface area contributed by atoms with E-state index in [4.69, 9.17) is 5.73 Å². The third-order valence-electron chi connectivity index (χ3n) is 2.55. The second-order valence-electron chi connectivity index (χ2n) is 3.94. The molecule has 0 radical (unpaired) electrons. The van der Waals surface area contributed by atoms with E-state index in [-0.39, 0.29) is 13.1 Å². The average molecular weight is 272 g/mol. The third-order valence-corrected chi connectivity index (χ3v) is 2.55. The minimum absolute atomic E-state index is 0.129. The highest BCUT2D eigenvalue weighted by atomic mass is 19.4. The number of anilines is 1. The van der Waals surface area contributed by atoms with E-state index in [1.165, 1.54) is 17.1 Å². The van der Waals surface area contributed by atoms with Crippen LogP contribution in [0.4, 0.5) is 18.9 Å². The monoisotopic (exact) mass is 272 g/mol. The predicted octanol–water partition coefficient (Wildman–Crippen LogP) is 1.35. The number of hydrogen-bond donors (Lipinski definition) is 1. The van der Waals surface area contributed by atoms with Crippen LogP contribution in [0, 0.1) is 0 Å². The molecule has 0 unspecified atom stereocenters. The summed E-state index contributed by atoms with van der Waals surface area (Å²) in [5.74, 6) is 0. The first-order chi connectivity index (χ1) is 8.88. The molecule has 8 heteroatoms. The Morgan fingerprint density at radius 2 is 2.00 bits per heavy atom. The molecule has 2 aromatic heterocycles. The van der Waals surface area contributed by atoms with Gasteiger partial charge in [0, 0.05) is 18.8 Å². The summed E-state index contributed by atoms with van der Waals surface area (Å²) in [5, 5.41) is 3.85. The average Bonchev–Trinajstić information content (AvgIpc) is 2.72. The van der Waals surface area contributed by atoms with Crippen molar-refractivity contribution in [3.8, 4) is 0 Å². The molecule has 0 aliphatic heterocycles. The Hall–Kier alpha value is -2.25. The van der Waals surface area contributed by atoms with Crippen LogP contribution in [0.5, 0.6) is 0 Å². The fourth-order valence-corrected chi connectivity index (χ4v) is 1.70. The van der Waals surface area contributed by atoms with Gasteiger partial charge in [0.25, 0.3) is 5.56 Å². The highest BCUT2D eigenvalue weighted by molar-refractivity contribution is 5.30. The summed E-state index contributed by atoms with van der Waals surface area (Å²) in [4.78, 5) is 11.5. The van der Waals surface area contributed by atoms with Crippen LogP contribution in [0.25, 0.3) is 0 Å². The van der Waals surface area contributed by atoms with Gasteiger partial charge in [0.2, 0.25) is 0 Å². The number of alkyl halides is 3. The number of nitrogens with two attached hydrogens (primary N) is 1. The zero-order valence-corrected chi connectivity index (χ0v) is 9.76. The molecule has 0 bridgehead atoms. The Labute approximate surface area is 106 Å². The fourth-order valence-electron chi connectivity index (χ4n) is 1.70. The molecule has 19 heavy (non-hydrogen) atoms. The van der Waals surface area contributed by atoms with Crippen LogP contribution in [0.1, 0.15) is 5.69 Å². The summed E-state index contributed by atoms with van der Waals surface area (Å²) in [6.45, 7) is -0.000162. The summed E-state index contributed by atoms with van der Waals surface area (Å²) in [6.07, 6.45) is -1.69. The van der Waals surface area contributed by atoms with Crippen LogP contribution in [0.2, 0.25) is 0 Å². The van der Waals surface area contributed by atoms with Gasteiger partial charge in [-0.15, -0.1) is 0 Å². The van der Waals surface area contributed by atoms with Crippen LogP contribution < -0.4 is 11.3 Å². The molecule has 0 fully saturated rings. The first kappa shape index (κ1) is 13.2. The summed E-state index contributed by atoms with van der Waals surface area (Å²) in [5.41, 5.74) is 4.19. The second-order valence-corrected chi connectivity index (χ2v) is 3.94. The molecule has 0 aliphatic rings. The lowest BCUT2D eigenvalue weighted by Gasteiger charge is -2.14. The fraction of sp³-hybridized carbons (Fsp3) is 0.273. The molecular formula is C11H11F3N4O. The molecule has 2 heterocycles. The van der Waals surface area contributed by atoms with Gasteiger partial charge in [-0.25, -0.2) is 0 Å². The molecular weight excluding hydrogens is 261 g/mol. The zero-order valence-electron chi connectivity index (χ0n) is 9.76. The van der Waals surface area contributed by atoms with Gasteiger partial charge in [-0.05, 0) is 6.07 Å². The highest BCUT2D eigenvalue weighted by Gasteiger charge is 2.33. The summed E-state index contributed by atoms with van der Waals surface area (Å²) >= 11 is 0. The smallest absolute Gasteiger partial charge is 0.396 e. The summed E-state index contributed by atoms with van der Waals surface area (Å²) in [7, 11) is 0. The Bertz CT molecular complexity index is 629. The molecule has 2 rings (SSSR count). The van der Waals surface area contributed by atoms with Crippen molar-refractivity contribution >= 4 is 5.69 Å². The molecule has 102 valence electrons. The van der Waals surface area contributed by atoms with Crippen molar-refractivity contribution in [2.75, 3.05) is 5.73 Å². The number of nitrogen functional groups attached to an aromatic ring is 1. The van der Waals surface area contributed by atoms with Crippen molar-refractivity contribution in [1.29, 1.82) is 0 Å². The van der Waals surface area contributed by atoms with Crippen molar-refractivity contribution in [3.63, 3.8) is 0 Å². The summed E-state index contributed by atoms with van der Waals surface area (Å²) < 4.78 is 40.3. The molecule has 2 N–H and O–H groups in total. The lowest BCUT2D eigenvalue weighted by Crippen LogP contribution is -2.28. The Kier molecular flexibility index (Phi) is 3.32. The lowest BCUT2D eigenvalue weighted by molar-refractivity contribution is -0.144. The number of hydrogen-bond acceptors (Lipinski definition) is 3. The number of nitrogens with zero attached hydrogens (tertiary/aromatic N) is 3. The third kappa shape index (κ3) is 2.95. The SMILES string of the molecule is Nc1cnn(CCn2c(C(F)(F)F)cccc2=O)c1. The number of aromatic nitrogens is 3. The predicted molar refractivity (Wildman–Crippen MR) is 62.3 cm³/mol. The molecule has 5 nitrogen and oxygen atoms in total. The molecule has 0 saturated heterocycles. The first-order valence-corrected chi connectivity index (χ1v) is 5.43. The van der Waals surface area contributed by atoms with Crippen molar-refractivity contribution in [3.05, 3.63) is 46.6 Å². The highest BCUT2D eigenvalue weighted by Crippen LogP contribution is 2.28. The maximum Gasteiger partial charge on any atom is 0.431 e. The van der Waals surface area contributed by atoms with Gasteiger partial charge in [0.1, 0.15) is 5.69 Å². The van der Waals surface area contributed by atoms with Gasteiger partial charge in [-0.2, -0.15) is 18.3 Å². The maximum absolute atomic E-state index is 12.8. The quantitative estimate of drug-likeness (QED) is 0.917. The van der Waals surface area contributed by atoms with Gasteiger partial charge in [-0.3, -0.25) is 9.48 Å². The van der Waals surface area contributed by atoms with Crippen LogP contribution in [0.3, 0.4) is 0 Å². The Balaban J connectivity index is 2.27. The van der Waals surface area contributed by atoms with Crippen LogP contribution >= 0.6 is 0 Å². The van der Waals surface area contributed by atoms with E-state index in [0.29, 0.717) is 10.3 Å². The topological polar surface area (TPSA) is 65.8 Å². The minimum atomic E-state index is -4.57. The van der Waals surface area contributed by atoms with Gasteiger partial charge in [0.05, 0.1) is 18.4 Å². The number of aryl methyl sites for hydroxylation is 1. The van der Waals surface area contributed by atoms with E-state index in [9.17, 15) is 18.0 Å². The maximum atomic E-state index is 12.8. The van der Waals surface area contributed by atoms with Crippen molar-refractivity contribution in [1.82, 2.24) is 14.3 Å². The van der Waals surface area contributed by atoms with E-state index in [1.807, 2.05) is 0 Å². The van der Waals surface area contributed by atoms with E-state index in [0.717, 1.165) is 18.2 Å². The number of halogens is 3. The van der Waals surface area contributed by atoms with Crippen molar-refractivity contribution < 1.29 is 13.2 Å². The van der Waals surface area contributed by atoms with Gasteiger partial charge >= 0.3 is 6.18 Å². The molecule has 0 atom stereocenters. The van der Waals surface area contributed by atoms with Crippen molar-refractivity contribution in [2.45, 2.75) is 19.3 Å². The summed E-state index contributed by atoms with van der Waals surface area (Å²) in [6, 6.07) is 3.05. The standard InChI is InChI=1S/C11H11F3N4O/c12-11(13,14)9-2-1-3-10(19)18(9)5-4-17-7-8(15)6-16-17/h1-3,6-7H,4-5,15H2. The van der Waals surface area contributed by atoms with Crippen LogP contribution in [-0.4, -0.2) is 14.3 Å². The normalized spacial score (nSPS) is 11.7. The van der Waals surface area contributed by atoms with Gasteiger partial charge < -0.3 is 10.3 Å². The molecule has 0 saturated carbocycles. The molecule has 0 amide bonds. The Morgan fingerprint density at radius 1 is 1.26 bits per heavy atom. The molecule has 0 aliphatic carbocycles. The molecule has 0 spiro atoms. The lowest BCUT2D eigenvalue weighted by atomic mass is 10.3. The minimum Gasteiger partial charge on any atom is -0.396 e. The van der Waals surface area contributed by atoms with E-state index in [1.54, 1.807) is 0 Å². The number of pyridine rings is 1. The number of rotatable bonds is 3. The van der Waals surface area contributed by atoms with Crippen LogP contribution in [0.15, 0.2) is 35.4 Å². The zero-order chi connectivity index (χ0) is 14.0. The van der Waals surface area contributed by atoms with E-state index < -0.39 is 17.4 Å². The first-order valence-electron chi connectivity index (χ1n) is 5.43. The van der Waals surface area contributed by atoms with Crippen molar-refractivity contribution in [2.24, 2.45) is 0 Å². The largest absolute Gasteiger partial charge is 0.431 e. The molecule has 0 aromatic carbocycles. The second kappa shape index (κ2) is 4.79. The van der Waals surface area contributed by atoms with Gasteiger partial charge in [0.15, 0.2) is 0 Å². The van der Waals surface area contributed by atoms with E-state index >= 15 is 0 Å². The van der Waals surface area contributed by atoms with Crippen LogP contribution in [-0.2, 0) is 19.3 Å². The Morgan fingerprint density at radius 3 is 2.58 bits per heavy atom.